The molecule has 1 aliphatic heterocycles. The molecule has 4 nitrogen and oxygen atoms in total. The van der Waals surface area contributed by atoms with Crippen molar-refractivity contribution >= 4 is 24.2 Å². The summed E-state index contributed by atoms with van der Waals surface area (Å²) in [6, 6.07) is 5.29. The zero-order valence-corrected chi connectivity index (χ0v) is 26.7. The molecule has 3 rings (SSSR count). The fourth-order valence-electron chi connectivity index (χ4n) is 5.10. The molecule has 7 unspecified atom stereocenters. The Morgan fingerprint density at radius 3 is 2.66 bits per heavy atom. The van der Waals surface area contributed by atoms with Gasteiger partial charge < -0.3 is 19.0 Å². The molecule has 0 aromatic heterocycles. The maximum atomic E-state index is 15.3. The fourth-order valence-corrected chi connectivity index (χ4v) is 6.83. The van der Waals surface area contributed by atoms with E-state index in [0.29, 0.717) is 23.1 Å². The molecule has 1 aliphatic carbocycles. The van der Waals surface area contributed by atoms with Crippen LogP contribution < -0.4 is 0 Å². The predicted octanol–water partition coefficient (Wildman–Crippen LogP) is 7.96. The summed E-state index contributed by atoms with van der Waals surface area (Å²) in [6.07, 6.45) is 6.88. The molecule has 1 saturated carbocycles. The van der Waals surface area contributed by atoms with E-state index in [-0.39, 0.29) is 41.2 Å². The Bertz CT molecular complexity index is 1010. The lowest BCUT2D eigenvalue weighted by Crippen LogP contribution is -2.45. The van der Waals surface area contributed by atoms with Gasteiger partial charge in [0.05, 0.1) is 22.8 Å². The van der Waals surface area contributed by atoms with E-state index in [4.69, 9.17) is 13.9 Å². The standard InChI is InChI=1S/C31H46BrFO4Si/c1-8-9-13-21(2)26(37-38(6,7)31(3,4)5)18-17-22-27(36-28-16-10-11-19-35-28)20-25(34)29(22)23-14-12-15-24(32)30(23)33/h12,14-15,17-18,21-22,25-29,34H,10-11,13,16,19-20H2,1-7H3/b18-17+. The molecule has 1 aromatic carbocycles. The molecule has 1 aromatic rings. The Balaban J connectivity index is 1.97. The van der Waals surface area contributed by atoms with Crippen LogP contribution in [0.1, 0.15) is 78.2 Å². The Kier molecular flexibility index (Phi) is 11.2. The van der Waals surface area contributed by atoms with Crippen molar-refractivity contribution in [3.05, 3.63) is 46.2 Å². The highest BCUT2D eigenvalue weighted by molar-refractivity contribution is 9.10. The van der Waals surface area contributed by atoms with Gasteiger partial charge in [0.2, 0.25) is 0 Å². The van der Waals surface area contributed by atoms with Gasteiger partial charge in [0.25, 0.3) is 0 Å². The summed E-state index contributed by atoms with van der Waals surface area (Å²) in [5.41, 5.74) is 0.504. The van der Waals surface area contributed by atoms with Crippen LogP contribution in [0.15, 0.2) is 34.8 Å². The van der Waals surface area contributed by atoms with E-state index in [1.807, 2.05) is 13.0 Å². The third kappa shape index (κ3) is 7.80. The van der Waals surface area contributed by atoms with Crippen molar-refractivity contribution in [1.29, 1.82) is 0 Å². The molecule has 7 atom stereocenters. The summed E-state index contributed by atoms with van der Waals surface area (Å²) in [5.74, 6) is 5.42. The molecule has 1 heterocycles. The van der Waals surface area contributed by atoms with E-state index in [1.165, 1.54) is 0 Å². The topological polar surface area (TPSA) is 47.9 Å². The van der Waals surface area contributed by atoms with Crippen molar-refractivity contribution in [3.8, 4) is 11.8 Å². The van der Waals surface area contributed by atoms with Gasteiger partial charge in [-0.25, -0.2) is 4.39 Å². The van der Waals surface area contributed by atoms with Crippen LogP contribution in [0.5, 0.6) is 0 Å². The van der Waals surface area contributed by atoms with Crippen LogP contribution in [0.4, 0.5) is 4.39 Å². The van der Waals surface area contributed by atoms with Crippen molar-refractivity contribution in [2.75, 3.05) is 6.61 Å². The number of aliphatic hydroxyl groups is 1. The van der Waals surface area contributed by atoms with E-state index in [2.05, 4.69) is 80.7 Å². The summed E-state index contributed by atoms with van der Waals surface area (Å²) >= 11 is 3.33. The minimum atomic E-state index is -2.08. The molecule has 1 saturated heterocycles. The van der Waals surface area contributed by atoms with Gasteiger partial charge in [-0.3, -0.25) is 0 Å². The van der Waals surface area contributed by atoms with Crippen molar-refractivity contribution in [2.45, 2.75) is 115 Å². The number of benzene rings is 1. The molecule has 0 spiro atoms. The van der Waals surface area contributed by atoms with Crippen molar-refractivity contribution in [2.24, 2.45) is 11.8 Å². The Morgan fingerprint density at radius 2 is 2.03 bits per heavy atom. The van der Waals surface area contributed by atoms with Crippen LogP contribution >= 0.6 is 15.9 Å². The first-order valence-electron chi connectivity index (χ1n) is 14.0. The average molecular weight is 610 g/mol. The van der Waals surface area contributed by atoms with Gasteiger partial charge in [-0.15, -0.1) is 11.8 Å². The molecule has 212 valence electrons. The molecule has 1 N–H and O–H groups in total. The van der Waals surface area contributed by atoms with Crippen LogP contribution in [-0.4, -0.2) is 44.6 Å². The highest BCUT2D eigenvalue weighted by Gasteiger charge is 2.45. The minimum absolute atomic E-state index is 0.0603. The molecule has 38 heavy (non-hydrogen) atoms. The van der Waals surface area contributed by atoms with Gasteiger partial charge in [0.15, 0.2) is 14.6 Å². The van der Waals surface area contributed by atoms with Crippen LogP contribution in [0.3, 0.4) is 0 Å². The Hall–Kier alpha value is -1.01. The van der Waals surface area contributed by atoms with Crippen LogP contribution in [0.2, 0.25) is 18.1 Å². The van der Waals surface area contributed by atoms with Crippen molar-refractivity contribution < 1.29 is 23.4 Å². The second kappa shape index (κ2) is 13.6. The summed E-state index contributed by atoms with van der Waals surface area (Å²) in [4.78, 5) is 0. The van der Waals surface area contributed by atoms with Crippen LogP contribution in [0.25, 0.3) is 0 Å². The van der Waals surface area contributed by atoms with Crippen molar-refractivity contribution in [3.63, 3.8) is 0 Å². The van der Waals surface area contributed by atoms with E-state index in [1.54, 1.807) is 12.1 Å². The maximum Gasteiger partial charge on any atom is 0.192 e. The number of halogens is 2. The molecular formula is C31H46BrFO4Si. The monoisotopic (exact) mass is 608 g/mol. The number of rotatable bonds is 9. The molecule has 7 heteroatoms. The number of ether oxygens (including phenoxy) is 2. The molecule has 0 amide bonds. The Morgan fingerprint density at radius 1 is 1.29 bits per heavy atom. The van der Waals surface area contributed by atoms with E-state index >= 15 is 4.39 Å². The number of aliphatic hydroxyl groups excluding tert-OH is 1. The largest absolute Gasteiger partial charge is 0.410 e. The predicted molar refractivity (Wildman–Crippen MR) is 158 cm³/mol. The molecule has 2 fully saturated rings. The van der Waals surface area contributed by atoms with Gasteiger partial charge in [0.1, 0.15) is 5.82 Å². The summed E-state index contributed by atoms with van der Waals surface area (Å²) in [6.45, 7) is 16.0. The van der Waals surface area contributed by atoms with Crippen LogP contribution in [-0.2, 0) is 13.9 Å². The summed E-state index contributed by atoms with van der Waals surface area (Å²) < 4.78 is 34.9. The van der Waals surface area contributed by atoms with E-state index in [9.17, 15) is 5.11 Å². The Labute approximate surface area is 239 Å². The fraction of sp³-hybridized carbons (Fsp3) is 0.677. The van der Waals surface area contributed by atoms with Crippen LogP contribution in [0, 0.1) is 29.5 Å². The first-order valence-corrected chi connectivity index (χ1v) is 17.7. The summed E-state index contributed by atoms with van der Waals surface area (Å²) in [5, 5.41) is 11.3. The first-order chi connectivity index (χ1) is 17.9. The van der Waals surface area contributed by atoms with Gasteiger partial charge in [-0.05, 0) is 77.8 Å². The van der Waals surface area contributed by atoms with Gasteiger partial charge >= 0.3 is 0 Å². The second-order valence-corrected chi connectivity index (χ2v) is 18.0. The lowest BCUT2D eigenvalue weighted by molar-refractivity contribution is -0.192. The lowest BCUT2D eigenvalue weighted by atomic mass is 9.85. The van der Waals surface area contributed by atoms with Gasteiger partial charge in [-0.2, -0.15) is 0 Å². The highest BCUT2D eigenvalue weighted by atomic mass is 79.9. The highest BCUT2D eigenvalue weighted by Crippen LogP contribution is 2.45. The third-order valence-electron chi connectivity index (χ3n) is 8.46. The van der Waals surface area contributed by atoms with E-state index in [0.717, 1.165) is 25.7 Å². The third-order valence-corrected chi connectivity index (χ3v) is 13.5. The molecule has 0 radical (unpaired) electrons. The number of hydrogen-bond donors (Lipinski definition) is 1. The smallest absolute Gasteiger partial charge is 0.192 e. The maximum absolute atomic E-state index is 15.3. The second-order valence-electron chi connectivity index (χ2n) is 12.4. The zero-order valence-electron chi connectivity index (χ0n) is 24.1. The normalized spacial score (nSPS) is 28.2. The molecular weight excluding hydrogens is 563 g/mol. The van der Waals surface area contributed by atoms with E-state index < -0.39 is 20.3 Å². The average Bonchev–Trinajstić information content (AvgIpc) is 3.15. The van der Waals surface area contributed by atoms with Gasteiger partial charge in [-0.1, -0.05) is 52.0 Å². The SMILES string of the molecule is CC#CCC(C)C(/C=C/C1C(OC2CCCCO2)CC(O)C1c1cccc(Br)c1F)O[Si](C)(C)C(C)(C)C. The molecule has 0 bridgehead atoms. The quantitative estimate of drug-likeness (QED) is 0.175. The minimum Gasteiger partial charge on any atom is -0.410 e. The summed E-state index contributed by atoms with van der Waals surface area (Å²) in [7, 11) is -2.08. The molecule has 2 aliphatic rings. The number of hydrogen-bond acceptors (Lipinski definition) is 4. The van der Waals surface area contributed by atoms with Crippen molar-refractivity contribution in [1.82, 2.24) is 0 Å². The first kappa shape index (κ1) is 31.5. The zero-order chi connectivity index (χ0) is 28.1. The van der Waals surface area contributed by atoms with Gasteiger partial charge in [0, 0.05) is 31.3 Å². The lowest BCUT2D eigenvalue weighted by Gasteiger charge is -2.40.